The zero-order valence-corrected chi connectivity index (χ0v) is 10.2. The highest BCUT2D eigenvalue weighted by Crippen LogP contribution is 2.21. The monoisotopic (exact) mass is 260 g/mol. The second kappa shape index (κ2) is 5.34. The molecule has 6 nitrogen and oxygen atoms in total. The highest BCUT2D eigenvalue weighted by molar-refractivity contribution is 6.04. The van der Waals surface area contributed by atoms with E-state index in [0.717, 1.165) is 0 Å². The van der Waals surface area contributed by atoms with Gasteiger partial charge >= 0.3 is 11.9 Å². The fourth-order valence-corrected chi connectivity index (χ4v) is 1.74. The summed E-state index contributed by atoms with van der Waals surface area (Å²) in [5.41, 5.74) is 1.79. The Morgan fingerprint density at radius 3 is 2.95 bits per heavy atom. The van der Waals surface area contributed by atoms with Crippen molar-refractivity contribution in [2.75, 3.05) is 7.11 Å². The van der Waals surface area contributed by atoms with Gasteiger partial charge < -0.3 is 9.84 Å². The van der Waals surface area contributed by atoms with Gasteiger partial charge in [0.05, 0.1) is 30.8 Å². The predicted molar refractivity (Wildman–Crippen MR) is 68.7 cm³/mol. The highest BCUT2D eigenvalue weighted by atomic mass is 16.5. The molecule has 0 aliphatic rings. The van der Waals surface area contributed by atoms with Crippen molar-refractivity contribution in [1.82, 2.24) is 10.2 Å². The lowest BCUT2D eigenvalue weighted by atomic mass is 10.1. The molecule has 0 saturated carbocycles. The lowest BCUT2D eigenvalue weighted by Gasteiger charge is -2.02. The number of nitrogens with one attached hydrogen (secondary N) is 1. The molecular weight excluding hydrogens is 248 g/mol. The largest absolute Gasteiger partial charge is 0.481 e. The van der Waals surface area contributed by atoms with Crippen LogP contribution in [0.15, 0.2) is 24.4 Å². The average Bonchev–Trinajstić information content (AvgIpc) is 2.84. The van der Waals surface area contributed by atoms with Crippen LogP contribution in [-0.2, 0) is 9.53 Å². The van der Waals surface area contributed by atoms with Gasteiger partial charge in [0.25, 0.3) is 0 Å². The number of fused-ring (bicyclic) bond motifs is 1. The minimum Gasteiger partial charge on any atom is -0.481 e. The third kappa shape index (κ3) is 2.79. The van der Waals surface area contributed by atoms with Crippen molar-refractivity contribution in [3.8, 4) is 0 Å². The summed E-state index contributed by atoms with van der Waals surface area (Å²) in [5.74, 6) is -1.37. The first-order valence-corrected chi connectivity index (χ1v) is 5.55. The van der Waals surface area contributed by atoms with Crippen LogP contribution in [0.3, 0.4) is 0 Å². The number of nitrogens with zero attached hydrogens (tertiary/aromatic N) is 1. The topological polar surface area (TPSA) is 92.3 Å². The normalized spacial score (nSPS) is 11.0. The molecule has 1 aromatic carbocycles. The Kier molecular flexibility index (Phi) is 3.61. The molecule has 0 aliphatic heterocycles. The van der Waals surface area contributed by atoms with Crippen LogP contribution in [0.25, 0.3) is 17.0 Å². The smallest absolute Gasteiger partial charge is 0.338 e. The molecular formula is C13H12N2O4. The summed E-state index contributed by atoms with van der Waals surface area (Å²) in [6.45, 7) is 0. The number of ether oxygens (including phenoxy) is 1. The first-order valence-electron chi connectivity index (χ1n) is 5.55. The Bertz CT molecular complexity index is 658. The molecule has 2 rings (SSSR count). The number of rotatable bonds is 4. The molecule has 0 fully saturated rings. The minimum absolute atomic E-state index is 0.0748. The first kappa shape index (κ1) is 12.8. The highest BCUT2D eigenvalue weighted by Gasteiger charge is 2.12. The van der Waals surface area contributed by atoms with E-state index < -0.39 is 11.9 Å². The second-order valence-electron chi connectivity index (χ2n) is 3.89. The molecule has 0 aliphatic carbocycles. The average molecular weight is 260 g/mol. The maximum absolute atomic E-state index is 11.7. The van der Waals surface area contributed by atoms with Crippen LogP contribution in [0.1, 0.15) is 22.3 Å². The molecule has 1 aromatic heterocycles. The lowest BCUT2D eigenvalue weighted by Crippen LogP contribution is -2.02. The Hall–Kier alpha value is -2.63. The van der Waals surface area contributed by atoms with E-state index in [1.807, 2.05) is 0 Å². The van der Waals surface area contributed by atoms with E-state index >= 15 is 0 Å². The van der Waals surface area contributed by atoms with Crippen LogP contribution < -0.4 is 0 Å². The van der Waals surface area contributed by atoms with Crippen LogP contribution in [0.4, 0.5) is 0 Å². The van der Waals surface area contributed by atoms with Gasteiger partial charge in [-0.05, 0) is 17.7 Å². The predicted octanol–water partition coefficient (Wildman–Crippen LogP) is 1.84. The molecule has 0 amide bonds. The number of hydrogen-bond donors (Lipinski definition) is 2. The maximum atomic E-state index is 11.7. The molecule has 0 spiro atoms. The maximum Gasteiger partial charge on any atom is 0.338 e. The summed E-state index contributed by atoms with van der Waals surface area (Å²) in [4.78, 5) is 22.1. The number of aliphatic carboxylic acids is 1. The van der Waals surface area contributed by atoms with Crippen LogP contribution in [0.2, 0.25) is 0 Å². The fraction of sp³-hybridized carbons (Fsp3) is 0.154. The number of aromatic amines is 1. The number of methoxy groups -OCH3 is 1. The van der Waals surface area contributed by atoms with E-state index in [-0.39, 0.29) is 6.42 Å². The zero-order valence-electron chi connectivity index (χ0n) is 10.2. The molecule has 1 heterocycles. The Balaban J connectivity index is 2.43. The summed E-state index contributed by atoms with van der Waals surface area (Å²) in [6.07, 6.45) is 4.63. The molecule has 0 unspecified atom stereocenters. The summed E-state index contributed by atoms with van der Waals surface area (Å²) >= 11 is 0. The molecule has 0 bridgehead atoms. The SMILES string of the molecule is COC(=O)c1cc(C=CCC(=O)O)cc2[nH]ncc12. The van der Waals surface area contributed by atoms with E-state index in [2.05, 4.69) is 10.2 Å². The number of carbonyl (C=O) groups is 2. The molecule has 2 aromatic rings. The molecule has 0 saturated heterocycles. The standard InChI is InChI=1S/C13H12N2O4/c1-19-13(18)9-5-8(3-2-4-12(16)17)6-11-10(9)7-14-15-11/h2-3,5-7H,4H2,1H3,(H,14,15)(H,16,17). The van der Waals surface area contributed by atoms with Gasteiger partial charge in [-0.2, -0.15) is 5.10 Å². The Morgan fingerprint density at radius 2 is 2.26 bits per heavy atom. The van der Waals surface area contributed by atoms with E-state index in [1.54, 1.807) is 24.4 Å². The number of benzene rings is 1. The van der Waals surface area contributed by atoms with E-state index in [4.69, 9.17) is 9.84 Å². The zero-order chi connectivity index (χ0) is 13.8. The van der Waals surface area contributed by atoms with Crippen LogP contribution >= 0.6 is 0 Å². The molecule has 2 N–H and O–H groups in total. The van der Waals surface area contributed by atoms with Crippen molar-refractivity contribution in [3.05, 3.63) is 35.5 Å². The van der Waals surface area contributed by atoms with Crippen molar-refractivity contribution in [3.63, 3.8) is 0 Å². The van der Waals surface area contributed by atoms with Crippen molar-refractivity contribution in [2.45, 2.75) is 6.42 Å². The summed E-state index contributed by atoms with van der Waals surface area (Å²) < 4.78 is 4.71. The number of carboxylic acid groups (broad SMARTS) is 1. The Morgan fingerprint density at radius 1 is 1.47 bits per heavy atom. The van der Waals surface area contributed by atoms with Gasteiger partial charge in [0.2, 0.25) is 0 Å². The summed E-state index contributed by atoms with van der Waals surface area (Å²) in [7, 11) is 1.31. The number of carbonyl (C=O) groups excluding carboxylic acids is 1. The lowest BCUT2D eigenvalue weighted by molar-refractivity contribution is -0.135. The van der Waals surface area contributed by atoms with Crippen LogP contribution in [0.5, 0.6) is 0 Å². The quantitative estimate of drug-likeness (QED) is 0.818. The third-order valence-electron chi connectivity index (χ3n) is 2.59. The third-order valence-corrected chi connectivity index (χ3v) is 2.59. The van der Waals surface area contributed by atoms with Gasteiger partial charge in [-0.1, -0.05) is 12.2 Å². The van der Waals surface area contributed by atoms with Gasteiger partial charge in [0, 0.05) is 5.39 Å². The second-order valence-corrected chi connectivity index (χ2v) is 3.89. The number of carboxylic acids is 1. The molecule has 0 atom stereocenters. The van der Waals surface area contributed by atoms with Crippen molar-refractivity contribution < 1.29 is 19.4 Å². The van der Waals surface area contributed by atoms with Gasteiger partial charge in [0.15, 0.2) is 0 Å². The summed E-state index contributed by atoms with van der Waals surface area (Å²) in [6, 6.07) is 3.43. The number of H-pyrrole nitrogens is 1. The van der Waals surface area contributed by atoms with Gasteiger partial charge in [-0.25, -0.2) is 4.79 Å². The van der Waals surface area contributed by atoms with E-state index in [0.29, 0.717) is 22.0 Å². The van der Waals surface area contributed by atoms with Crippen LogP contribution in [-0.4, -0.2) is 34.4 Å². The fourth-order valence-electron chi connectivity index (χ4n) is 1.74. The first-order chi connectivity index (χ1) is 9.11. The van der Waals surface area contributed by atoms with Crippen molar-refractivity contribution in [2.24, 2.45) is 0 Å². The molecule has 98 valence electrons. The molecule has 0 radical (unpaired) electrons. The minimum atomic E-state index is -0.910. The van der Waals surface area contributed by atoms with E-state index in [9.17, 15) is 9.59 Å². The van der Waals surface area contributed by atoms with Crippen molar-refractivity contribution in [1.29, 1.82) is 0 Å². The summed E-state index contributed by atoms with van der Waals surface area (Å²) in [5, 5.41) is 15.9. The van der Waals surface area contributed by atoms with Crippen molar-refractivity contribution >= 4 is 28.9 Å². The number of aromatic nitrogens is 2. The van der Waals surface area contributed by atoms with Gasteiger partial charge in [-0.15, -0.1) is 0 Å². The molecule has 6 heteroatoms. The van der Waals surface area contributed by atoms with Crippen LogP contribution in [0, 0.1) is 0 Å². The van der Waals surface area contributed by atoms with E-state index in [1.165, 1.54) is 13.2 Å². The van der Waals surface area contributed by atoms with Gasteiger partial charge in [-0.3, -0.25) is 9.89 Å². The molecule has 19 heavy (non-hydrogen) atoms. The number of hydrogen-bond acceptors (Lipinski definition) is 4. The Labute approximate surface area is 108 Å². The number of esters is 1. The van der Waals surface area contributed by atoms with Gasteiger partial charge in [0.1, 0.15) is 0 Å².